The Morgan fingerprint density at radius 2 is 1.93 bits per heavy atom. The molecule has 0 fully saturated rings. The second-order valence-electron chi connectivity index (χ2n) is 3.07. The zero-order chi connectivity index (χ0) is 10.1. The maximum atomic E-state index is 3.34. The molecule has 0 bridgehead atoms. The Balaban J connectivity index is 2.16. The molecule has 1 rings (SSSR count). The van der Waals surface area contributed by atoms with E-state index in [4.69, 9.17) is 0 Å². The summed E-state index contributed by atoms with van der Waals surface area (Å²) in [5.74, 6) is 0. The van der Waals surface area contributed by atoms with Crippen LogP contribution in [0.2, 0.25) is 0 Å². The van der Waals surface area contributed by atoms with Gasteiger partial charge in [0.1, 0.15) is 0 Å². The largest absolute Gasteiger partial charge is 0.309 e. The van der Waals surface area contributed by atoms with Crippen LogP contribution in [-0.2, 0) is 6.54 Å². The summed E-state index contributed by atoms with van der Waals surface area (Å²) >= 11 is 0. The molecule has 1 aromatic carbocycles. The second kappa shape index (κ2) is 7.10. The molecular weight excluding hydrogens is 170 g/mol. The van der Waals surface area contributed by atoms with Crippen LogP contribution in [0.5, 0.6) is 0 Å². The Kier molecular flexibility index (Phi) is 5.45. The first-order valence-electron chi connectivity index (χ1n) is 4.96. The quantitative estimate of drug-likeness (QED) is 0.552. The minimum atomic E-state index is 0.916. The van der Waals surface area contributed by atoms with Crippen LogP contribution in [0.25, 0.3) is 0 Å². The van der Waals surface area contributed by atoms with Crippen LogP contribution in [0.3, 0.4) is 0 Å². The van der Waals surface area contributed by atoms with E-state index in [1.807, 2.05) is 25.1 Å². The first-order chi connectivity index (χ1) is 6.93. The van der Waals surface area contributed by atoms with Gasteiger partial charge in [0, 0.05) is 13.1 Å². The monoisotopic (exact) mass is 187 g/mol. The standard InChI is InChI=1S/C13H17N/c1-2-3-4-8-11-14-12-13-9-6-5-7-10-13/h2-10,14H,11-12H2,1H3/b3-2+,8-4+. The van der Waals surface area contributed by atoms with Gasteiger partial charge in [-0.1, -0.05) is 54.6 Å². The number of hydrogen-bond donors (Lipinski definition) is 1. The Labute approximate surface area is 86.2 Å². The zero-order valence-corrected chi connectivity index (χ0v) is 8.61. The fourth-order valence-corrected chi connectivity index (χ4v) is 1.15. The minimum absolute atomic E-state index is 0.916. The van der Waals surface area contributed by atoms with Crippen molar-refractivity contribution >= 4 is 0 Å². The average molecular weight is 187 g/mol. The third-order valence-corrected chi connectivity index (χ3v) is 1.87. The highest BCUT2D eigenvalue weighted by molar-refractivity contribution is 5.14. The number of hydrogen-bond acceptors (Lipinski definition) is 1. The van der Waals surface area contributed by atoms with Gasteiger partial charge in [-0.15, -0.1) is 0 Å². The van der Waals surface area contributed by atoms with Gasteiger partial charge in [0.25, 0.3) is 0 Å². The van der Waals surface area contributed by atoms with Crippen LogP contribution in [0.1, 0.15) is 12.5 Å². The lowest BCUT2D eigenvalue weighted by atomic mass is 10.2. The van der Waals surface area contributed by atoms with Gasteiger partial charge >= 0.3 is 0 Å². The first-order valence-corrected chi connectivity index (χ1v) is 4.96. The number of nitrogens with one attached hydrogen (secondary N) is 1. The highest BCUT2D eigenvalue weighted by Gasteiger charge is 1.87. The molecule has 0 saturated heterocycles. The van der Waals surface area contributed by atoms with E-state index >= 15 is 0 Å². The molecule has 1 N–H and O–H groups in total. The molecule has 0 heterocycles. The van der Waals surface area contributed by atoms with Crippen molar-refractivity contribution in [3.8, 4) is 0 Å². The predicted molar refractivity (Wildman–Crippen MR) is 62.1 cm³/mol. The molecule has 0 aliphatic carbocycles. The van der Waals surface area contributed by atoms with Gasteiger partial charge in [0.05, 0.1) is 0 Å². The van der Waals surface area contributed by atoms with Gasteiger partial charge in [0.15, 0.2) is 0 Å². The average Bonchev–Trinajstić information content (AvgIpc) is 2.25. The van der Waals surface area contributed by atoms with Crippen molar-refractivity contribution in [2.75, 3.05) is 6.54 Å². The smallest absolute Gasteiger partial charge is 0.0208 e. The molecule has 1 nitrogen and oxygen atoms in total. The van der Waals surface area contributed by atoms with Crippen LogP contribution in [0, 0.1) is 0 Å². The highest BCUT2D eigenvalue weighted by atomic mass is 14.8. The number of rotatable bonds is 5. The Hall–Kier alpha value is -1.34. The summed E-state index contributed by atoms with van der Waals surface area (Å²) in [5.41, 5.74) is 1.33. The number of benzene rings is 1. The third-order valence-electron chi connectivity index (χ3n) is 1.87. The second-order valence-corrected chi connectivity index (χ2v) is 3.07. The molecule has 0 saturated carbocycles. The SMILES string of the molecule is C/C=C/C=C/CNCc1ccccc1. The lowest BCUT2D eigenvalue weighted by Gasteiger charge is -2.00. The maximum absolute atomic E-state index is 3.34. The first kappa shape index (κ1) is 10.7. The molecule has 0 radical (unpaired) electrons. The highest BCUT2D eigenvalue weighted by Crippen LogP contribution is 1.96. The van der Waals surface area contributed by atoms with Gasteiger partial charge in [-0.25, -0.2) is 0 Å². The summed E-state index contributed by atoms with van der Waals surface area (Å²) in [5, 5.41) is 3.34. The van der Waals surface area contributed by atoms with Gasteiger partial charge in [-0.3, -0.25) is 0 Å². The van der Waals surface area contributed by atoms with Crippen LogP contribution < -0.4 is 5.32 Å². The Morgan fingerprint density at radius 3 is 2.64 bits per heavy atom. The molecule has 0 unspecified atom stereocenters. The van der Waals surface area contributed by atoms with E-state index in [-0.39, 0.29) is 0 Å². The van der Waals surface area contributed by atoms with Crippen molar-refractivity contribution < 1.29 is 0 Å². The molecule has 0 atom stereocenters. The normalized spacial score (nSPS) is 11.5. The summed E-state index contributed by atoms with van der Waals surface area (Å²) < 4.78 is 0. The van der Waals surface area contributed by atoms with Crippen molar-refractivity contribution in [1.82, 2.24) is 5.32 Å². The maximum Gasteiger partial charge on any atom is 0.0208 e. The molecule has 0 aliphatic rings. The molecule has 74 valence electrons. The van der Waals surface area contributed by atoms with Crippen LogP contribution in [0.4, 0.5) is 0 Å². The lowest BCUT2D eigenvalue weighted by molar-refractivity contribution is 0.760. The molecule has 0 spiro atoms. The summed E-state index contributed by atoms with van der Waals surface area (Å²) in [7, 11) is 0. The van der Waals surface area contributed by atoms with Gasteiger partial charge in [-0.05, 0) is 12.5 Å². The Bertz CT molecular complexity index is 285. The molecule has 0 aromatic heterocycles. The lowest BCUT2D eigenvalue weighted by Crippen LogP contribution is -2.12. The third kappa shape index (κ3) is 4.63. The van der Waals surface area contributed by atoms with Crippen molar-refractivity contribution in [3.05, 3.63) is 60.2 Å². The van der Waals surface area contributed by atoms with E-state index in [9.17, 15) is 0 Å². The van der Waals surface area contributed by atoms with E-state index in [0.717, 1.165) is 13.1 Å². The molecule has 0 aliphatic heterocycles. The van der Waals surface area contributed by atoms with Crippen LogP contribution in [-0.4, -0.2) is 6.54 Å². The van der Waals surface area contributed by atoms with Crippen molar-refractivity contribution in [2.24, 2.45) is 0 Å². The molecule has 1 aromatic rings. The summed E-state index contributed by atoms with van der Waals surface area (Å²) in [4.78, 5) is 0. The van der Waals surface area contributed by atoms with Crippen molar-refractivity contribution in [2.45, 2.75) is 13.5 Å². The fraction of sp³-hybridized carbons (Fsp3) is 0.231. The molecule has 1 heteroatoms. The van der Waals surface area contributed by atoms with E-state index < -0.39 is 0 Å². The minimum Gasteiger partial charge on any atom is -0.309 e. The number of allylic oxidation sites excluding steroid dienone is 3. The summed E-state index contributed by atoms with van der Waals surface area (Å²) in [6, 6.07) is 10.4. The zero-order valence-electron chi connectivity index (χ0n) is 8.61. The summed E-state index contributed by atoms with van der Waals surface area (Å²) in [6.45, 7) is 3.86. The van der Waals surface area contributed by atoms with Gasteiger partial charge in [0.2, 0.25) is 0 Å². The van der Waals surface area contributed by atoms with Gasteiger partial charge in [-0.2, -0.15) is 0 Å². The fourth-order valence-electron chi connectivity index (χ4n) is 1.15. The van der Waals surface area contributed by atoms with Crippen molar-refractivity contribution in [3.63, 3.8) is 0 Å². The van der Waals surface area contributed by atoms with E-state index in [0.29, 0.717) is 0 Å². The molecule has 14 heavy (non-hydrogen) atoms. The van der Waals surface area contributed by atoms with Crippen LogP contribution in [0.15, 0.2) is 54.6 Å². The van der Waals surface area contributed by atoms with E-state index in [1.54, 1.807) is 0 Å². The topological polar surface area (TPSA) is 12.0 Å². The van der Waals surface area contributed by atoms with E-state index in [1.165, 1.54) is 5.56 Å². The van der Waals surface area contributed by atoms with Crippen molar-refractivity contribution in [1.29, 1.82) is 0 Å². The summed E-state index contributed by atoms with van der Waals surface area (Å²) in [6.07, 6.45) is 8.22. The Morgan fingerprint density at radius 1 is 1.14 bits per heavy atom. The van der Waals surface area contributed by atoms with Crippen LogP contribution >= 0.6 is 0 Å². The molecule has 0 amide bonds. The van der Waals surface area contributed by atoms with Gasteiger partial charge < -0.3 is 5.32 Å². The molecular formula is C13H17N. The predicted octanol–water partition coefficient (Wildman–Crippen LogP) is 2.91. The van der Waals surface area contributed by atoms with E-state index in [2.05, 4.69) is 41.7 Å².